The Morgan fingerprint density at radius 2 is 1.06 bits per heavy atom. The predicted octanol–water partition coefficient (Wildman–Crippen LogP) is 0.396. The predicted molar refractivity (Wildman–Crippen MR) is 331 cm³/mol. The van der Waals surface area contributed by atoms with Gasteiger partial charge >= 0.3 is 0 Å². The Kier molecular flexibility index (Phi) is 32.0. The molecule has 0 saturated carbocycles. The lowest BCUT2D eigenvalue weighted by Gasteiger charge is -2.28. The molecule has 0 aliphatic carbocycles. The summed E-state index contributed by atoms with van der Waals surface area (Å²) in [5, 5.41) is 42.2. The number of aromatic nitrogens is 4. The summed E-state index contributed by atoms with van der Waals surface area (Å²) in [7, 11) is 0. The number of benzene rings is 1. The molecule has 2 aromatic heterocycles. The number of nitrogens with two attached hydrogens (primary N) is 5. The molecule has 3 aromatic rings. The lowest BCUT2D eigenvalue weighted by Crippen LogP contribution is -2.52. The van der Waals surface area contributed by atoms with E-state index in [9.17, 15) is 63.3 Å². The number of hydrogen-bond donors (Lipinski definition) is 14. The van der Waals surface area contributed by atoms with Gasteiger partial charge in [0.05, 0.1) is 55.3 Å². The number of H-pyrrole nitrogens is 2. The zero-order valence-corrected chi connectivity index (χ0v) is 52.2. The van der Waals surface area contributed by atoms with Gasteiger partial charge in [-0.1, -0.05) is 53.2 Å². The number of carbonyl (C=O) groups is 10. The Balaban J connectivity index is 1.84. The molecule has 3 rings (SSSR count). The molecule has 12 atom stereocenters. The van der Waals surface area contributed by atoms with Crippen LogP contribution in [0.1, 0.15) is 136 Å². The fraction of sp³-hybridized carbons (Fsp3) is 0.607. The number of primary amides is 1. The lowest BCUT2D eigenvalue weighted by molar-refractivity contribution is -0.138. The Morgan fingerprint density at radius 3 is 1.58 bits per heavy atom. The summed E-state index contributed by atoms with van der Waals surface area (Å²) in [5.41, 5.74) is 29.2. The molecule has 28 heteroatoms. The van der Waals surface area contributed by atoms with E-state index in [2.05, 4.69) is 51.2 Å². The van der Waals surface area contributed by atoms with Gasteiger partial charge < -0.3 is 75.2 Å². The summed E-state index contributed by atoms with van der Waals surface area (Å²) < 4.78 is 0. The van der Waals surface area contributed by atoms with E-state index in [1.54, 1.807) is 26.0 Å². The molecule has 89 heavy (non-hydrogen) atoms. The van der Waals surface area contributed by atoms with Crippen LogP contribution in [0.4, 0.5) is 0 Å². The average Bonchev–Trinajstić information content (AvgIpc) is 4.44. The summed E-state index contributed by atoms with van der Waals surface area (Å²) in [5.74, 6) is -13.4. The first kappa shape index (κ1) is 74.9. The summed E-state index contributed by atoms with van der Waals surface area (Å²) in [6, 6.07) is 0.610. The second-order valence-corrected chi connectivity index (χ2v) is 23.7. The summed E-state index contributed by atoms with van der Waals surface area (Å²) >= 11 is 0. The zero-order chi connectivity index (χ0) is 66.5. The minimum absolute atomic E-state index is 0.0209. The van der Waals surface area contributed by atoms with E-state index in [0.717, 1.165) is 0 Å². The number of aromatic amines is 2. The summed E-state index contributed by atoms with van der Waals surface area (Å²) in [4.78, 5) is 161. The maximum Gasteiger partial charge on any atom is 0.226 e. The number of imidazole rings is 2. The first-order chi connectivity index (χ1) is 42.0. The molecule has 0 fully saturated rings. The van der Waals surface area contributed by atoms with Gasteiger partial charge in [0.1, 0.15) is 17.6 Å². The molecule has 28 nitrogen and oxygen atoms in total. The van der Waals surface area contributed by atoms with E-state index in [0.29, 0.717) is 49.2 Å². The number of rotatable bonds is 44. The minimum atomic E-state index is -1.69. The number of nitrogens with zero attached hydrogens (tertiary/aromatic N) is 4. The van der Waals surface area contributed by atoms with Crippen LogP contribution in [0.3, 0.4) is 0 Å². The van der Waals surface area contributed by atoms with Crippen molar-refractivity contribution in [2.24, 2.45) is 86.0 Å². The third-order valence-electron chi connectivity index (χ3n) is 15.7. The third kappa shape index (κ3) is 26.9. The molecule has 0 spiro atoms. The monoisotopic (exact) mass is 1250 g/mol. The van der Waals surface area contributed by atoms with Crippen LogP contribution in [0.5, 0.6) is 5.75 Å². The number of aliphatic hydroxyl groups excluding tert-OH is 2. The highest BCUT2D eigenvalue weighted by molar-refractivity contribution is 5.98. The Labute approximate surface area is 519 Å². The van der Waals surface area contributed by atoms with Gasteiger partial charge in [-0.3, -0.25) is 57.9 Å². The smallest absolute Gasteiger partial charge is 0.226 e. The molecule has 1 aromatic carbocycles. The molecular weight excluding hydrogens is 1150 g/mol. The topological polar surface area (TPSA) is 492 Å². The van der Waals surface area contributed by atoms with Gasteiger partial charge in [0.25, 0.3) is 0 Å². The van der Waals surface area contributed by atoms with Crippen molar-refractivity contribution >= 4 is 70.4 Å². The molecule has 0 saturated heterocycles. The molecule has 2 heterocycles. The van der Waals surface area contributed by atoms with Gasteiger partial charge in [0.15, 0.2) is 35.1 Å². The van der Waals surface area contributed by atoms with Crippen LogP contribution in [0.2, 0.25) is 0 Å². The van der Waals surface area contributed by atoms with Gasteiger partial charge in [0, 0.05) is 105 Å². The average molecular weight is 1250 g/mol. The number of amides is 5. The van der Waals surface area contributed by atoms with Crippen molar-refractivity contribution in [3.63, 3.8) is 0 Å². The molecule has 0 radical (unpaired) electrons. The second kappa shape index (κ2) is 38.1. The molecular formula is C61H95N15O13. The van der Waals surface area contributed by atoms with Crippen LogP contribution >= 0.6 is 0 Å². The van der Waals surface area contributed by atoms with Crippen LogP contribution in [0.15, 0.2) is 59.3 Å². The third-order valence-corrected chi connectivity index (χ3v) is 15.7. The van der Waals surface area contributed by atoms with Gasteiger partial charge in [-0.25, -0.2) is 9.97 Å². The fourth-order valence-corrected chi connectivity index (χ4v) is 10.2. The number of aliphatic hydroxyl groups is 2. The van der Waals surface area contributed by atoms with E-state index < -0.39 is 150 Å². The van der Waals surface area contributed by atoms with Crippen LogP contribution in [-0.2, 0) is 67.2 Å². The van der Waals surface area contributed by atoms with Crippen LogP contribution in [-0.4, -0.2) is 156 Å². The number of guanidine groups is 2. The molecule has 492 valence electrons. The number of aromatic hydroxyl groups is 1. The molecule has 0 aliphatic heterocycles. The number of aliphatic imine (C=N–C) groups is 2. The van der Waals surface area contributed by atoms with Gasteiger partial charge in [-0.15, -0.1) is 0 Å². The number of Topliss-reactive ketones (excluding diaryl/α,β-unsaturated/α-hetero) is 5. The van der Waals surface area contributed by atoms with Crippen LogP contribution in [0.25, 0.3) is 0 Å². The van der Waals surface area contributed by atoms with Crippen molar-refractivity contribution in [3.05, 3.63) is 66.3 Å². The fourth-order valence-electron chi connectivity index (χ4n) is 10.2. The summed E-state index contributed by atoms with van der Waals surface area (Å²) in [6.45, 7) is 11.2. The SMILES string of the molecule is CC[C@H](C)[C@H](NC(=O)[C@@H](CC(=O)[C@H](C)NC(=O)[C@H](CCCN=C(N)N)CC(=O)[C@@H](NC(=O)[C@H](CO)CC(=O)[C@H](Cc1cnc[nH]1)NC(=O)[C@@H](CC(=O)[C@@H](C)CCCN=C(N)N)CC(C)C)[C@@H](C)O)Cc1ccc(O)cc1)C(=O)C[C@@H](Cc1cnc[nH]1)C(N)=O. The lowest BCUT2D eigenvalue weighted by atomic mass is 9.86. The van der Waals surface area contributed by atoms with Crippen LogP contribution < -0.4 is 49.9 Å². The highest BCUT2D eigenvalue weighted by Gasteiger charge is 2.37. The quantitative estimate of drug-likeness (QED) is 0.0207. The van der Waals surface area contributed by atoms with Crippen molar-refractivity contribution < 1.29 is 63.3 Å². The Hall–Kier alpha value is -8.40. The highest BCUT2D eigenvalue weighted by atomic mass is 16.3. The van der Waals surface area contributed by atoms with Gasteiger partial charge in [-0.2, -0.15) is 0 Å². The van der Waals surface area contributed by atoms with Crippen molar-refractivity contribution in [1.82, 2.24) is 41.2 Å². The standard InChI is InChI=1S/C61H95N15O13/c1-8-34(4)53(51(83)23-40(55(62)85)21-44-28-67-31-71-44)75-58(88)42(20-38-13-15-46(79)16-14-38)25-49(81)36(6)73-56(86)39(12-10-18-70-61(65)66)22-52(84)54(37(7)78)76-59(89)43(30-77)26-50(82)47(27-45-29-68-32-72-45)74-57(87)41(19-33(2)3)24-48(80)35(5)11-9-17-69-60(63)64/h13-16,28-29,31-37,39-43,47,53-54,77-79H,8-12,17-27,30H2,1-7H3,(H2,62,85)(H,67,71)(H,68,72)(H,73,86)(H,74,87)(H,75,88)(H,76,89)(H4,63,64,69)(H4,65,66,70)/t34-,35-,36-,37+,39+,40+,41+,42+,43-,47-,53-,54-/m0/s1. The Bertz CT molecular complexity index is 2840. The summed E-state index contributed by atoms with van der Waals surface area (Å²) in [6.07, 6.45) is 3.84. The van der Waals surface area contributed by atoms with Gasteiger partial charge in [0.2, 0.25) is 29.5 Å². The Morgan fingerprint density at radius 1 is 0.562 bits per heavy atom. The first-order valence-corrected chi connectivity index (χ1v) is 30.3. The van der Waals surface area contributed by atoms with Crippen LogP contribution in [0, 0.1) is 47.3 Å². The second-order valence-electron chi connectivity index (χ2n) is 23.7. The van der Waals surface area contributed by atoms with E-state index in [1.165, 1.54) is 51.0 Å². The number of hydrogen-bond acceptors (Lipinski definition) is 17. The number of phenols is 1. The van der Waals surface area contributed by atoms with E-state index >= 15 is 0 Å². The van der Waals surface area contributed by atoms with Gasteiger partial charge in [-0.05, 0) is 81.9 Å². The van der Waals surface area contributed by atoms with Crippen molar-refractivity contribution in [1.29, 1.82) is 0 Å². The van der Waals surface area contributed by atoms with E-state index in [-0.39, 0.29) is 80.9 Å². The molecule has 0 aliphatic rings. The van der Waals surface area contributed by atoms with E-state index in [4.69, 9.17) is 28.7 Å². The number of carbonyl (C=O) groups excluding carboxylic acids is 10. The van der Waals surface area contributed by atoms with Crippen molar-refractivity contribution in [2.75, 3.05) is 19.7 Å². The first-order valence-electron chi connectivity index (χ1n) is 30.3. The maximum absolute atomic E-state index is 14.4. The molecule has 19 N–H and O–H groups in total. The normalized spacial score (nSPS) is 15.4. The zero-order valence-electron chi connectivity index (χ0n) is 52.2. The molecule has 5 amide bonds. The number of phenolic OH excluding ortho intramolecular Hbond substituents is 1. The van der Waals surface area contributed by atoms with E-state index in [1.807, 2.05) is 20.8 Å². The number of ketones is 5. The highest BCUT2D eigenvalue weighted by Crippen LogP contribution is 2.25. The minimum Gasteiger partial charge on any atom is -0.508 e. The largest absolute Gasteiger partial charge is 0.508 e. The maximum atomic E-state index is 14.4. The number of nitrogens with one attached hydrogen (secondary N) is 6. The molecule has 0 unspecified atom stereocenters. The van der Waals surface area contributed by atoms with Crippen molar-refractivity contribution in [2.45, 2.75) is 169 Å². The molecule has 0 bridgehead atoms. The van der Waals surface area contributed by atoms with Crippen molar-refractivity contribution in [3.8, 4) is 5.75 Å².